The number of aliphatic hydroxyl groups is 2. The van der Waals surface area contributed by atoms with Gasteiger partial charge in [-0.05, 0) is 31.6 Å². The van der Waals surface area contributed by atoms with E-state index in [1.165, 1.54) is 0 Å². The molecule has 0 bridgehead atoms. The van der Waals surface area contributed by atoms with Gasteiger partial charge in [-0.1, -0.05) is 0 Å². The molecule has 2 heterocycles. The van der Waals surface area contributed by atoms with E-state index in [1.807, 2.05) is 4.90 Å². The molecule has 3 rings (SSSR count). The number of hydrogen-bond donors (Lipinski definition) is 3. The van der Waals surface area contributed by atoms with E-state index in [9.17, 15) is 29.7 Å². The number of piperazine rings is 1. The number of amides is 2. The number of β-amino-alcohol motifs (C(OH)–C–C–N with tert-alkyl or cyclic N) is 1. The Hall–Kier alpha value is -1.71. The van der Waals surface area contributed by atoms with Crippen molar-refractivity contribution in [1.29, 1.82) is 0 Å². The summed E-state index contributed by atoms with van der Waals surface area (Å²) >= 11 is 0. The predicted octanol–water partition coefficient (Wildman–Crippen LogP) is -0.680. The molecule has 3 unspecified atom stereocenters. The Kier molecular flexibility index (Phi) is 5.23. The van der Waals surface area contributed by atoms with Crippen LogP contribution >= 0.6 is 0 Å². The number of carboxylic acid groups (broad SMARTS) is 1. The molecule has 0 aromatic heterocycles. The summed E-state index contributed by atoms with van der Waals surface area (Å²) in [5, 5.41) is 29.5. The molecule has 1 saturated carbocycles. The van der Waals surface area contributed by atoms with Crippen LogP contribution in [0.15, 0.2) is 0 Å². The fourth-order valence-corrected chi connectivity index (χ4v) is 4.25. The molecule has 2 saturated heterocycles. The first-order valence-corrected chi connectivity index (χ1v) is 9.14. The van der Waals surface area contributed by atoms with Crippen molar-refractivity contribution in [2.24, 2.45) is 5.41 Å². The van der Waals surface area contributed by atoms with Crippen LogP contribution in [0.2, 0.25) is 0 Å². The summed E-state index contributed by atoms with van der Waals surface area (Å²) in [4.78, 5) is 39.6. The number of aldehydes is 1. The SMILES string of the molecule is CC1C(=O)N([C@@H](CC(O)C=O)N2CCC3(CC3)C(O)C2)CCN1C(=O)O. The summed E-state index contributed by atoms with van der Waals surface area (Å²) < 4.78 is 0. The summed E-state index contributed by atoms with van der Waals surface area (Å²) in [5.74, 6) is -0.344. The minimum absolute atomic E-state index is 0.00360. The average molecular weight is 369 g/mol. The molecule has 9 nitrogen and oxygen atoms in total. The highest BCUT2D eigenvalue weighted by atomic mass is 16.4. The normalized spacial score (nSPS) is 31.0. The fourth-order valence-electron chi connectivity index (χ4n) is 4.25. The first-order chi connectivity index (χ1) is 12.3. The van der Waals surface area contributed by atoms with Crippen LogP contribution in [0.3, 0.4) is 0 Å². The Morgan fingerprint density at radius 1 is 1.31 bits per heavy atom. The van der Waals surface area contributed by atoms with Crippen molar-refractivity contribution in [2.75, 3.05) is 26.2 Å². The molecule has 2 aliphatic heterocycles. The maximum atomic E-state index is 12.8. The number of carbonyl (C=O) groups excluding carboxylic acids is 2. The molecule has 26 heavy (non-hydrogen) atoms. The van der Waals surface area contributed by atoms with Gasteiger partial charge in [-0.3, -0.25) is 14.6 Å². The first-order valence-electron chi connectivity index (χ1n) is 9.14. The molecular formula is C17H27N3O6. The summed E-state index contributed by atoms with van der Waals surface area (Å²) in [7, 11) is 0. The van der Waals surface area contributed by atoms with Crippen LogP contribution in [-0.2, 0) is 9.59 Å². The third kappa shape index (κ3) is 3.43. The van der Waals surface area contributed by atoms with E-state index in [-0.39, 0.29) is 30.8 Å². The summed E-state index contributed by atoms with van der Waals surface area (Å²) in [6.07, 6.45) is -0.0409. The molecular weight excluding hydrogens is 342 g/mol. The third-order valence-corrected chi connectivity index (χ3v) is 6.23. The molecule has 1 spiro atoms. The molecule has 3 fully saturated rings. The van der Waals surface area contributed by atoms with Crippen molar-refractivity contribution in [3.05, 3.63) is 0 Å². The lowest BCUT2D eigenvalue weighted by molar-refractivity contribution is -0.153. The highest BCUT2D eigenvalue weighted by molar-refractivity contribution is 5.86. The highest BCUT2D eigenvalue weighted by Crippen LogP contribution is 2.54. The molecule has 3 N–H and O–H groups in total. The number of hydrogen-bond acceptors (Lipinski definition) is 6. The maximum Gasteiger partial charge on any atom is 0.408 e. The zero-order chi connectivity index (χ0) is 19.1. The Bertz CT molecular complexity index is 581. The van der Waals surface area contributed by atoms with Gasteiger partial charge in [-0.25, -0.2) is 4.79 Å². The number of rotatable bonds is 5. The second-order valence-electron chi connectivity index (χ2n) is 7.73. The quantitative estimate of drug-likeness (QED) is 0.549. The molecule has 146 valence electrons. The van der Waals surface area contributed by atoms with Crippen LogP contribution in [0.4, 0.5) is 4.79 Å². The van der Waals surface area contributed by atoms with Crippen LogP contribution < -0.4 is 0 Å². The Morgan fingerprint density at radius 2 is 2.00 bits per heavy atom. The lowest BCUT2D eigenvalue weighted by atomic mass is 9.90. The van der Waals surface area contributed by atoms with Gasteiger partial charge in [0.2, 0.25) is 5.91 Å². The highest BCUT2D eigenvalue weighted by Gasteiger charge is 2.52. The van der Waals surface area contributed by atoms with Crippen LogP contribution in [0.1, 0.15) is 32.6 Å². The molecule has 9 heteroatoms. The molecule has 4 atom stereocenters. The van der Waals surface area contributed by atoms with E-state index in [0.29, 0.717) is 19.4 Å². The lowest BCUT2D eigenvalue weighted by Gasteiger charge is -2.48. The largest absolute Gasteiger partial charge is 0.465 e. The number of aliphatic hydroxyl groups excluding tert-OH is 2. The minimum atomic E-state index is -1.21. The van der Waals surface area contributed by atoms with E-state index in [2.05, 4.69) is 0 Å². The van der Waals surface area contributed by atoms with Gasteiger partial charge >= 0.3 is 6.09 Å². The molecule has 1 aliphatic carbocycles. The number of carbonyl (C=O) groups is 3. The fraction of sp³-hybridized carbons (Fsp3) is 0.824. The first kappa shape index (κ1) is 19.1. The minimum Gasteiger partial charge on any atom is -0.465 e. The third-order valence-electron chi connectivity index (χ3n) is 6.23. The van der Waals surface area contributed by atoms with E-state index in [0.717, 1.165) is 24.2 Å². The van der Waals surface area contributed by atoms with Gasteiger partial charge in [-0.2, -0.15) is 0 Å². The van der Waals surface area contributed by atoms with Gasteiger partial charge in [0.25, 0.3) is 0 Å². The second kappa shape index (κ2) is 7.13. The van der Waals surface area contributed by atoms with Gasteiger partial charge in [0.05, 0.1) is 12.3 Å². The van der Waals surface area contributed by atoms with E-state index in [4.69, 9.17) is 0 Å². The monoisotopic (exact) mass is 369 g/mol. The van der Waals surface area contributed by atoms with Crippen LogP contribution in [0, 0.1) is 5.41 Å². The van der Waals surface area contributed by atoms with Gasteiger partial charge in [0, 0.05) is 32.6 Å². The van der Waals surface area contributed by atoms with E-state index >= 15 is 0 Å². The van der Waals surface area contributed by atoms with Crippen molar-refractivity contribution in [1.82, 2.24) is 14.7 Å². The molecule has 3 aliphatic rings. The average Bonchev–Trinajstić information content (AvgIpc) is 3.38. The Labute approximate surface area is 152 Å². The van der Waals surface area contributed by atoms with Crippen LogP contribution in [0.5, 0.6) is 0 Å². The van der Waals surface area contributed by atoms with Gasteiger partial charge in [-0.15, -0.1) is 0 Å². The topological polar surface area (TPSA) is 122 Å². The zero-order valence-corrected chi connectivity index (χ0v) is 15.0. The summed E-state index contributed by atoms with van der Waals surface area (Å²) in [6.45, 7) is 2.98. The smallest absolute Gasteiger partial charge is 0.408 e. The van der Waals surface area contributed by atoms with Gasteiger partial charge < -0.3 is 25.0 Å². The van der Waals surface area contributed by atoms with E-state index < -0.39 is 30.5 Å². The standard InChI is InChI=1S/C17H27N3O6/c1-11-15(24)20(7-6-19(11)16(25)26)14(8-12(22)10-21)18-5-4-17(2-3-17)13(23)9-18/h10-14,22-23H,2-9H2,1H3,(H,25,26)/t11?,12?,13?,14-/m0/s1. The van der Waals surface area contributed by atoms with Crippen molar-refractivity contribution in [3.63, 3.8) is 0 Å². The number of nitrogens with zero attached hydrogens (tertiary/aromatic N) is 3. The van der Waals surface area contributed by atoms with Gasteiger partial charge in [0.1, 0.15) is 18.4 Å². The zero-order valence-electron chi connectivity index (χ0n) is 15.0. The van der Waals surface area contributed by atoms with Gasteiger partial charge in [0.15, 0.2) is 0 Å². The van der Waals surface area contributed by atoms with E-state index in [1.54, 1.807) is 11.8 Å². The summed E-state index contributed by atoms with van der Waals surface area (Å²) in [5.41, 5.74) is 0.00360. The van der Waals surface area contributed by atoms with Crippen molar-refractivity contribution < 1.29 is 29.7 Å². The molecule has 0 aromatic rings. The van der Waals surface area contributed by atoms with Crippen LogP contribution in [-0.4, -0.2) is 98.9 Å². The molecule has 2 amide bonds. The second-order valence-corrected chi connectivity index (χ2v) is 7.73. The predicted molar refractivity (Wildman–Crippen MR) is 90.2 cm³/mol. The Balaban J connectivity index is 1.76. The van der Waals surface area contributed by atoms with Crippen molar-refractivity contribution in [3.8, 4) is 0 Å². The number of likely N-dealkylation sites (tertiary alicyclic amines) is 1. The molecule has 0 radical (unpaired) electrons. The maximum absolute atomic E-state index is 12.8. The number of piperidine rings is 1. The lowest BCUT2D eigenvalue weighted by Crippen LogP contribution is -2.65. The Morgan fingerprint density at radius 3 is 2.54 bits per heavy atom. The van der Waals surface area contributed by atoms with Crippen LogP contribution in [0.25, 0.3) is 0 Å². The van der Waals surface area contributed by atoms with Crippen molar-refractivity contribution in [2.45, 2.75) is 57.0 Å². The summed E-state index contributed by atoms with van der Waals surface area (Å²) in [6, 6.07) is -0.818. The van der Waals surface area contributed by atoms with Crippen molar-refractivity contribution >= 4 is 18.3 Å². The molecule has 0 aromatic carbocycles.